The molecule has 0 aromatic carbocycles. The van der Waals surface area contributed by atoms with Gasteiger partial charge in [-0.3, -0.25) is 0 Å². The Morgan fingerprint density at radius 1 is 0.952 bits per heavy atom. The molecule has 0 nitrogen and oxygen atoms in total. The molecule has 0 fully saturated rings. The minimum absolute atomic E-state index is 0.281. The Kier molecular flexibility index (Phi) is 4.03. The van der Waals surface area contributed by atoms with Gasteiger partial charge in [0.1, 0.15) is 0 Å². The third-order valence-electron chi connectivity index (χ3n) is 5.90. The molecule has 0 heterocycles. The molecule has 2 aliphatic rings. The lowest BCUT2D eigenvalue weighted by atomic mass is 9.87. The summed E-state index contributed by atoms with van der Waals surface area (Å²) >= 11 is 0. The molecule has 2 aliphatic carbocycles. The van der Waals surface area contributed by atoms with Crippen LogP contribution in [0.25, 0.3) is 0 Å². The minimum Gasteiger partial charge on any atom is -0.0771 e. The van der Waals surface area contributed by atoms with E-state index in [1.54, 1.807) is 27.5 Å². The second-order valence-corrected chi connectivity index (χ2v) is 13.2. The average Bonchev–Trinajstić information content (AvgIpc) is 2.92. The Bertz CT molecular complexity index is 562. The van der Waals surface area contributed by atoms with Crippen molar-refractivity contribution in [1.82, 2.24) is 0 Å². The third kappa shape index (κ3) is 2.65. The van der Waals surface area contributed by atoms with Crippen molar-refractivity contribution in [3.63, 3.8) is 0 Å². The van der Waals surface area contributed by atoms with Crippen LogP contribution < -0.4 is 0 Å². The molecule has 2 rings (SSSR count). The molecule has 0 unspecified atom stereocenters. The standard InChI is InChI=1S/C20H32Si/c1-13-14(2)16(4)19(15(13)3)21(8,9)18-11-10-17(12-18)20(5,6)7/h10,12,19H,11H2,1-9H3. The molecule has 0 atom stereocenters. The second-order valence-electron chi connectivity index (χ2n) is 8.55. The number of hydrogen-bond acceptors (Lipinski definition) is 0. The first-order valence-corrected chi connectivity index (χ1v) is 11.3. The van der Waals surface area contributed by atoms with E-state index in [1.807, 2.05) is 0 Å². The van der Waals surface area contributed by atoms with Gasteiger partial charge in [-0.15, -0.1) is 0 Å². The lowest BCUT2D eigenvalue weighted by molar-refractivity contribution is 0.518. The van der Waals surface area contributed by atoms with E-state index in [9.17, 15) is 0 Å². The van der Waals surface area contributed by atoms with Crippen LogP contribution in [0.15, 0.2) is 45.2 Å². The zero-order valence-electron chi connectivity index (χ0n) is 15.4. The first-order chi connectivity index (χ1) is 9.48. The minimum atomic E-state index is -1.47. The summed E-state index contributed by atoms with van der Waals surface area (Å²) in [6.45, 7) is 21.5. The summed E-state index contributed by atoms with van der Waals surface area (Å²) in [5, 5.41) is 1.73. The van der Waals surface area contributed by atoms with Gasteiger partial charge >= 0.3 is 0 Å². The maximum absolute atomic E-state index is 2.57. The molecule has 0 amide bonds. The van der Waals surface area contributed by atoms with E-state index in [4.69, 9.17) is 0 Å². The van der Waals surface area contributed by atoms with Crippen LogP contribution in [0.5, 0.6) is 0 Å². The van der Waals surface area contributed by atoms with E-state index >= 15 is 0 Å². The Morgan fingerprint density at radius 2 is 1.43 bits per heavy atom. The van der Waals surface area contributed by atoms with Gasteiger partial charge in [0.05, 0.1) is 8.07 Å². The summed E-state index contributed by atoms with van der Waals surface area (Å²) in [5.74, 6) is 0. The van der Waals surface area contributed by atoms with Crippen LogP contribution in [0.4, 0.5) is 0 Å². The molecular weight excluding hydrogens is 268 g/mol. The van der Waals surface area contributed by atoms with Gasteiger partial charge in [0, 0.05) is 5.54 Å². The Balaban J connectivity index is 2.38. The van der Waals surface area contributed by atoms with Crippen molar-refractivity contribution in [2.75, 3.05) is 0 Å². The highest BCUT2D eigenvalue weighted by molar-refractivity contribution is 6.87. The van der Waals surface area contributed by atoms with Gasteiger partial charge in [0.2, 0.25) is 0 Å². The maximum atomic E-state index is 2.57. The highest BCUT2D eigenvalue weighted by Crippen LogP contribution is 2.50. The van der Waals surface area contributed by atoms with E-state index in [2.05, 4.69) is 73.7 Å². The van der Waals surface area contributed by atoms with Crippen molar-refractivity contribution in [1.29, 1.82) is 0 Å². The summed E-state index contributed by atoms with van der Waals surface area (Å²) in [5.41, 5.74) is 8.87. The lowest BCUT2D eigenvalue weighted by Crippen LogP contribution is -2.35. The predicted molar refractivity (Wildman–Crippen MR) is 98.2 cm³/mol. The van der Waals surface area contributed by atoms with Crippen molar-refractivity contribution in [2.24, 2.45) is 5.41 Å². The first-order valence-electron chi connectivity index (χ1n) is 8.24. The van der Waals surface area contributed by atoms with Crippen LogP contribution in [0.1, 0.15) is 54.9 Å². The summed E-state index contributed by atoms with van der Waals surface area (Å²) in [6.07, 6.45) is 6.19. The van der Waals surface area contributed by atoms with Gasteiger partial charge in [-0.25, -0.2) is 0 Å². The monoisotopic (exact) mass is 300 g/mol. The molecule has 116 valence electrons. The van der Waals surface area contributed by atoms with E-state index in [1.165, 1.54) is 12.0 Å². The van der Waals surface area contributed by atoms with E-state index in [0.717, 1.165) is 0 Å². The zero-order valence-corrected chi connectivity index (χ0v) is 16.4. The fraction of sp³-hybridized carbons (Fsp3) is 0.600. The van der Waals surface area contributed by atoms with Crippen molar-refractivity contribution >= 4 is 8.07 Å². The number of allylic oxidation sites excluding steroid dienone is 8. The van der Waals surface area contributed by atoms with Gasteiger partial charge < -0.3 is 0 Å². The van der Waals surface area contributed by atoms with Crippen LogP contribution in [-0.4, -0.2) is 8.07 Å². The van der Waals surface area contributed by atoms with Gasteiger partial charge in [0.15, 0.2) is 0 Å². The quantitative estimate of drug-likeness (QED) is 0.504. The van der Waals surface area contributed by atoms with Gasteiger partial charge in [-0.05, 0) is 56.3 Å². The molecule has 0 N–H and O–H groups in total. The molecule has 0 saturated heterocycles. The Hall–Kier alpha value is -0.823. The van der Waals surface area contributed by atoms with Gasteiger partial charge in [-0.2, -0.15) is 0 Å². The van der Waals surface area contributed by atoms with Gasteiger partial charge in [-0.1, -0.05) is 62.4 Å². The molecule has 0 spiro atoms. The second kappa shape index (κ2) is 5.12. The van der Waals surface area contributed by atoms with Crippen LogP contribution in [0, 0.1) is 5.41 Å². The summed E-state index contributed by atoms with van der Waals surface area (Å²) < 4.78 is 0. The van der Waals surface area contributed by atoms with E-state index in [-0.39, 0.29) is 5.41 Å². The van der Waals surface area contributed by atoms with E-state index < -0.39 is 8.07 Å². The number of rotatable bonds is 2. The molecular formula is C20H32Si. The molecule has 0 aliphatic heterocycles. The SMILES string of the molecule is CC1=C(C)C([Si](C)(C)C2=CC(C(C)(C)C)=CC2)C(C)=C1C. The summed E-state index contributed by atoms with van der Waals surface area (Å²) in [4.78, 5) is 0. The number of hydrogen-bond donors (Lipinski definition) is 0. The van der Waals surface area contributed by atoms with Crippen molar-refractivity contribution in [2.45, 2.75) is 73.5 Å². The van der Waals surface area contributed by atoms with Crippen LogP contribution >= 0.6 is 0 Å². The van der Waals surface area contributed by atoms with Crippen LogP contribution in [0.3, 0.4) is 0 Å². The maximum Gasteiger partial charge on any atom is 0.0872 e. The topological polar surface area (TPSA) is 0 Å². The van der Waals surface area contributed by atoms with Crippen molar-refractivity contribution in [3.05, 3.63) is 45.2 Å². The van der Waals surface area contributed by atoms with Crippen LogP contribution in [0.2, 0.25) is 18.6 Å². The molecule has 0 saturated carbocycles. The largest absolute Gasteiger partial charge is 0.0872 e. The van der Waals surface area contributed by atoms with Crippen molar-refractivity contribution in [3.8, 4) is 0 Å². The van der Waals surface area contributed by atoms with E-state index in [0.29, 0.717) is 5.54 Å². The Labute approximate surface area is 132 Å². The lowest BCUT2D eigenvalue weighted by Gasteiger charge is -2.34. The molecule has 0 aromatic heterocycles. The first kappa shape index (κ1) is 16.5. The fourth-order valence-corrected chi connectivity index (χ4v) is 8.24. The normalized spacial score (nSPS) is 21.4. The Morgan fingerprint density at radius 3 is 1.81 bits per heavy atom. The molecule has 1 heteroatoms. The van der Waals surface area contributed by atoms with Crippen molar-refractivity contribution < 1.29 is 0 Å². The zero-order chi connectivity index (χ0) is 16.2. The fourth-order valence-electron chi connectivity index (χ4n) is 4.11. The molecule has 0 aromatic rings. The predicted octanol–water partition coefficient (Wildman–Crippen LogP) is 6.59. The summed E-state index contributed by atoms with van der Waals surface area (Å²) in [7, 11) is -1.47. The smallest absolute Gasteiger partial charge is 0.0771 e. The third-order valence-corrected chi connectivity index (χ3v) is 10.2. The highest BCUT2D eigenvalue weighted by Gasteiger charge is 2.41. The summed E-state index contributed by atoms with van der Waals surface area (Å²) in [6, 6.07) is 0. The highest BCUT2D eigenvalue weighted by atomic mass is 28.3. The average molecular weight is 301 g/mol. The molecule has 21 heavy (non-hydrogen) atoms. The molecule has 0 radical (unpaired) electrons. The van der Waals surface area contributed by atoms with Gasteiger partial charge in [0.25, 0.3) is 0 Å². The van der Waals surface area contributed by atoms with Crippen LogP contribution in [-0.2, 0) is 0 Å². The molecule has 0 bridgehead atoms.